The molecular weight excluding hydrogens is 154 g/mol. The Balaban J connectivity index is 2.11. The van der Waals surface area contributed by atoms with Gasteiger partial charge in [0.2, 0.25) is 0 Å². The molecule has 1 atom stereocenters. The van der Waals surface area contributed by atoms with Crippen LogP contribution in [-0.2, 0) is 4.79 Å². The Kier molecular flexibility index (Phi) is 1.50. The molecule has 1 unspecified atom stereocenters. The lowest BCUT2D eigenvalue weighted by Crippen LogP contribution is -2.10. The van der Waals surface area contributed by atoms with Gasteiger partial charge in [-0.15, -0.1) is 0 Å². The molecule has 12 heavy (non-hydrogen) atoms. The average molecular weight is 163 g/mol. The minimum Gasteiger partial charge on any atom is -0.480 e. The van der Waals surface area contributed by atoms with Crippen molar-refractivity contribution in [3.8, 4) is 0 Å². The number of hydrogen-bond donors (Lipinski definition) is 1. The highest BCUT2D eigenvalue weighted by Gasteiger charge is 2.40. The van der Waals surface area contributed by atoms with Gasteiger partial charge in [0, 0.05) is 5.69 Å². The second-order valence-electron chi connectivity index (χ2n) is 2.84. The first-order valence-corrected chi connectivity index (χ1v) is 3.83. The summed E-state index contributed by atoms with van der Waals surface area (Å²) in [6, 6.07) is 9.28. The van der Waals surface area contributed by atoms with Gasteiger partial charge in [-0.1, -0.05) is 18.2 Å². The quantitative estimate of drug-likeness (QED) is 0.660. The highest BCUT2D eigenvalue weighted by Crippen LogP contribution is 2.26. The van der Waals surface area contributed by atoms with Crippen LogP contribution in [0.25, 0.3) is 0 Å². The maximum absolute atomic E-state index is 10.5. The van der Waals surface area contributed by atoms with Crippen molar-refractivity contribution in [2.75, 3.05) is 11.4 Å². The lowest BCUT2D eigenvalue weighted by atomic mass is 10.3. The number of aliphatic carboxylic acids is 1. The van der Waals surface area contributed by atoms with Crippen LogP contribution in [0.2, 0.25) is 0 Å². The van der Waals surface area contributed by atoms with Gasteiger partial charge in [-0.25, -0.2) is 4.79 Å². The minimum atomic E-state index is -0.737. The van der Waals surface area contributed by atoms with Crippen LogP contribution in [-0.4, -0.2) is 23.7 Å². The molecule has 0 bridgehead atoms. The fourth-order valence-electron chi connectivity index (χ4n) is 1.26. The van der Waals surface area contributed by atoms with Crippen LogP contribution in [0, 0.1) is 0 Å². The molecule has 1 aromatic rings. The van der Waals surface area contributed by atoms with E-state index in [1.54, 1.807) is 0 Å². The Bertz CT molecular complexity index is 297. The van der Waals surface area contributed by atoms with E-state index in [2.05, 4.69) is 0 Å². The number of anilines is 1. The summed E-state index contributed by atoms with van der Waals surface area (Å²) in [7, 11) is 0. The van der Waals surface area contributed by atoms with Crippen LogP contribution in [0.4, 0.5) is 5.69 Å². The van der Waals surface area contributed by atoms with Gasteiger partial charge in [0.15, 0.2) is 0 Å². The third-order valence-electron chi connectivity index (χ3n) is 1.99. The molecule has 1 aromatic carbocycles. The maximum atomic E-state index is 10.5. The van der Waals surface area contributed by atoms with E-state index in [-0.39, 0.29) is 6.04 Å². The third kappa shape index (κ3) is 1.13. The highest BCUT2D eigenvalue weighted by molar-refractivity contribution is 5.84. The first kappa shape index (κ1) is 7.16. The zero-order valence-electron chi connectivity index (χ0n) is 6.47. The minimum absolute atomic E-state index is 0.299. The summed E-state index contributed by atoms with van der Waals surface area (Å²) in [4.78, 5) is 12.4. The predicted octanol–water partition coefficient (Wildman–Crippen LogP) is 0.960. The molecule has 0 radical (unpaired) electrons. The molecular formula is C9H9NO2. The van der Waals surface area contributed by atoms with Crippen LogP contribution in [0.1, 0.15) is 0 Å². The van der Waals surface area contributed by atoms with Gasteiger partial charge >= 0.3 is 5.97 Å². The van der Waals surface area contributed by atoms with Crippen molar-refractivity contribution >= 4 is 11.7 Å². The summed E-state index contributed by atoms with van der Waals surface area (Å²) in [5.74, 6) is -0.737. The summed E-state index contributed by atoms with van der Waals surface area (Å²) >= 11 is 0. The van der Waals surface area contributed by atoms with E-state index >= 15 is 0 Å². The lowest BCUT2D eigenvalue weighted by molar-refractivity contribution is -0.136. The molecule has 62 valence electrons. The number of rotatable bonds is 2. The number of benzene rings is 1. The van der Waals surface area contributed by atoms with Crippen molar-refractivity contribution in [3.05, 3.63) is 30.3 Å². The zero-order chi connectivity index (χ0) is 8.55. The number of nitrogens with zero attached hydrogens (tertiary/aromatic N) is 1. The van der Waals surface area contributed by atoms with E-state index < -0.39 is 5.97 Å². The number of para-hydroxylation sites is 1. The summed E-state index contributed by atoms with van der Waals surface area (Å²) in [5, 5.41) is 8.64. The van der Waals surface area contributed by atoms with Gasteiger partial charge < -0.3 is 10.0 Å². The summed E-state index contributed by atoms with van der Waals surface area (Å²) < 4.78 is 0. The van der Waals surface area contributed by atoms with Crippen molar-refractivity contribution in [3.63, 3.8) is 0 Å². The molecule has 0 saturated carbocycles. The van der Waals surface area contributed by atoms with Gasteiger partial charge in [-0.2, -0.15) is 0 Å². The maximum Gasteiger partial charge on any atom is 0.328 e. The first-order chi connectivity index (χ1) is 5.79. The van der Waals surface area contributed by atoms with E-state index in [1.165, 1.54) is 0 Å². The molecule has 0 amide bonds. The Morgan fingerprint density at radius 1 is 1.42 bits per heavy atom. The van der Waals surface area contributed by atoms with Gasteiger partial charge in [-0.3, -0.25) is 0 Å². The molecule has 1 aliphatic heterocycles. The lowest BCUT2D eigenvalue weighted by Gasteiger charge is -2.01. The first-order valence-electron chi connectivity index (χ1n) is 3.83. The Labute approximate surface area is 70.2 Å². The van der Waals surface area contributed by atoms with Crippen molar-refractivity contribution < 1.29 is 9.90 Å². The predicted molar refractivity (Wildman–Crippen MR) is 45.2 cm³/mol. The van der Waals surface area contributed by atoms with E-state index in [0.29, 0.717) is 6.54 Å². The van der Waals surface area contributed by atoms with Crippen molar-refractivity contribution in [1.29, 1.82) is 0 Å². The van der Waals surface area contributed by atoms with Crippen LogP contribution in [0.5, 0.6) is 0 Å². The smallest absolute Gasteiger partial charge is 0.328 e. The number of hydrogen-bond acceptors (Lipinski definition) is 2. The number of carboxylic acids is 1. The van der Waals surface area contributed by atoms with Crippen molar-refractivity contribution in [2.45, 2.75) is 6.04 Å². The van der Waals surface area contributed by atoms with E-state index in [9.17, 15) is 4.79 Å². The Morgan fingerprint density at radius 2 is 2.08 bits per heavy atom. The van der Waals surface area contributed by atoms with Crippen LogP contribution < -0.4 is 4.90 Å². The summed E-state index contributed by atoms with van der Waals surface area (Å²) in [6.07, 6.45) is 0. The Hall–Kier alpha value is -1.51. The SMILES string of the molecule is O=C(O)C1CN1c1ccccc1. The monoisotopic (exact) mass is 163 g/mol. The third-order valence-corrected chi connectivity index (χ3v) is 1.99. The Morgan fingerprint density at radius 3 is 2.58 bits per heavy atom. The molecule has 1 aliphatic rings. The molecule has 3 heteroatoms. The molecule has 1 N–H and O–H groups in total. The van der Waals surface area contributed by atoms with Crippen molar-refractivity contribution in [2.24, 2.45) is 0 Å². The van der Waals surface area contributed by atoms with Gasteiger partial charge in [0.05, 0.1) is 6.54 Å². The second kappa shape index (κ2) is 2.52. The standard InChI is InChI=1S/C9H9NO2/c11-9(12)8-6-10(8)7-4-2-1-3-5-7/h1-5,8H,6H2,(H,11,12). The van der Waals surface area contributed by atoms with Crippen molar-refractivity contribution in [1.82, 2.24) is 0 Å². The fourth-order valence-corrected chi connectivity index (χ4v) is 1.26. The molecule has 1 heterocycles. The van der Waals surface area contributed by atoms with E-state index in [0.717, 1.165) is 5.69 Å². The largest absolute Gasteiger partial charge is 0.480 e. The van der Waals surface area contributed by atoms with Gasteiger partial charge in [0.1, 0.15) is 6.04 Å². The van der Waals surface area contributed by atoms with Gasteiger partial charge in [0.25, 0.3) is 0 Å². The van der Waals surface area contributed by atoms with E-state index in [1.807, 2.05) is 35.2 Å². The van der Waals surface area contributed by atoms with Crippen LogP contribution in [0.3, 0.4) is 0 Å². The fraction of sp³-hybridized carbons (Fsp3) is 0.222. The topological polar surface area (TPSA) is 40.3 Å². The van der Waals surface area contributed by atoms with E-state index in [4.69, 9.17) is 5.11 Å². The zero-order valence-corrected chi connectivity index (χ0v) is 6.47. The average Bonchev–Trinajstić information content (AvgIpc) is 2.84. The van der Waals surface area contributed by atoms with Crippen LogP contribution in [0.15, 0.2) is 30.3 Å². The molecule has 0 aliphatic carbocycles. The molecule has 1 fully saturated rings. The number of carboxylic acid groups (broad SMARTS) is 1. The molecule has 0 aromatic heterocycles. The summed E-state index contributed by atoms with van der Waals surface area (Å²) in [5.41, 5.74) is 0.991. The highest BCUT2D eigenvalue weighted by atomic mass is 16.4. The molecule has 3 nitrogen and oxygen atoms in total. The number of carbonyl (C=O) groups is 1. The van der Waals surface area contributed by atoms with Crippen LogP contribution >= 0.6 is 0 Å². The normalized spacial score (nSPS) is 20.7. The molecule has 2 rings (SSSR count). The molecule has 1 saturated heterocycles. The summed E-state index contributed by atoms with van der Waals surface area (Å²) in [6.45, 7) is 0.638. The molecule has 0 spiro atoms. The van der Waals surface area contributed by atoms with Gasteiger partial charge in [-0.05, 0) is 12.1 Å². The second-order valence-corrected chi connectivity index (χ2v) is 2.84.